The van der Waals surface area contributed by atoms with Crippen molar-refractivity contribution in [2.75, 3.05) is 13.2 Å². The molecule has 0 bridgehead atoms. The van der Waals surface area contributed by atoms with Gasteiger partial charge in [0.1, 0.15) is 0 Å². The zero-order valence-electron chi connectivity index (χ0n) is 13.6. The molecule has 0 saturated carbocycles. The van der Waals surface area contributed by atoms with Crippen LogP contribution in [0, 0.1) is 0 Å². The van der Waals surface area contributed by atoms with Gasteiger partial charge in [0.15, 0.2) is 6.29 Å². The van der Waals surface area contributed by atoms with Crippen molar-refractivity contribution in [1.29, 1.82) is 0 Å². The van der Waals surface area contributed by atoms with Gasteiger partial charge in [0.25, 0.3) is 5.91 Å². The number of allylic oxidation sites excluding steroid dienone is 1. The lowest BCUT2D eigenvalue weighted by Gasteiger charge is -2.31. The zero-order chi connectivity index (χ0) is 16.8. The fourth-order valence-corrected chi connectivity index (χ4v) is 2.69. The fourth-order valence-electron chi connectivity index (χ4n) is 2.69. The van der Waals surface area contributed by atoms with Gasteiger partial charge in [-0.1, -0.05) is 54.6 Å². The minimum absolute atomic E-state index is 0.111. The highest BCUT2D eigenvalue weighted by Gasteiger charge is 2.26. The van der Waals surface area contributed by atoms with E-state index in [1.807, 2.05) is 61.5 Å². The van der Waals surface area contributed by atoms with E-state index in [0.29, 0.717) is 18.8 Å². The first kappa shape index (κ1) is 16.4. The van der Waals surface area contributed by atoms with Gasteiger partial charge in [0, 0.05) is 11.1 Å². The molecular formula is C20H21NO3. The third-order valence-corrected chi connectivity index (χ3v) is 3.94. The van der Waals surface area contributed by atoms with Crippen molar-refractivity contribution in [2.24, 2.45) is 0 Å². The van der Waals surface area contributed by atoms with Crippen molar-refractivity contribution in [3.63, 3.8) is 0 Å². The molecule has 1 amide bonds. The van der Waals surface area contributed by atoms with E-state index >= 15 is 0 Å². The van der Waals surface area contributed by atoms with Crippen LogP contribution in [0.15, 0.2) is 66.7 Å². The number of benzene rings is 2. The molecule has 4 heteroatoms. The van der Waals surface area contributed by atoms with E-state index in [9.17, 15) is 4.79 Å². The van der Waals surface area contributed by atoms with Crippen LogP contribution in [0.4, 0.5) is 0 Å². The van der Waals surface area contributed by atoms with Gasteiger partial charge in [-0.25, -0.2) is 0 Å². The Morgan fingerprint density at radius 2 is 1.50 bits per heavy atom. The predicted molar refractivity (Wildman–Crippen MR) is 93.5 cm³/mol. The minimum atomic E-state index is -0.401. The lowest BCUT2D eigenvalue weighted by atomic mass is 10.0. The molecule has 2 aromatic rings. The summed E-state index contributed by atoms with van der Waals surface area (Å²) in [7, 11) is 0. The van der Waals surface area contributed by atoms with E-state index in [-0.39, 0.29) is 11.9 Å². The highest BCUT2D eigenvalue weighted by atomic mass is 16.7. The second-order valence-corrected chi connectivity index (χ2v) is 5.65. The molecule has 1 fully saturated rings. The molecule has 0 unspecified atom stereocenters. The molecule has 124 valence electrons. The third-order valence-electron chi connectivity index (χ3n) is 3.94. The van der Waals surface area contributed by atoms with Crippen LogP contribution >= 0.6 is 0 Å². The number of rotatable bonds is 4. The van der Waals surface area contributed by atoms with Gasteiger partial charge in [0.2, 0.25) is 0 Å². The van der Waals surface area contributed by atoms with Crippen LogP contribution < -0.4 is 5.32 Å². The number of hydrogen-bond acceptors (Lipinski definition) is 3. The first-order valence-corrected chi connectivity index (χ1v) is 8.08. The summed E-state index contributed by atoms with van der Waals surface area (Å²) in [5, 5.41) is 2.94. The van der Waals surface area contributed by atoms with Crippen molar-refractivity contribution in [3.05, 3.63) is 77.9 Å². The van der Waals surface area contributed by atoms with E-state index in [1.165, 1.54) is 0 Å². The Kier molecular flexibility index (Phi) is 5.41. The van der Waals surface area contributed by atoms with Gasteiger partial charge in [0.05, 0.1) is 19.3 Å². The second-order valence-electron chi connectivity index (χ2n) is 5.65. The molecule has 1 heterocycles. The lowest BCUT2D eigenvalue weighted by Crippen LogP contribution is -2.47. The van der Waals surface area contributed by atoms with Crippen molar-refractivity contribution >= 4 is 11.5 Å². The minimum Gasteiger partial charge on any atom is -0.346 e. The Labute approximate surface area is 142 Å². The van der Waals surface area contributed by atoms with Gasteiger partial charge < -0.3 is 14.8 Å². The van der Waals surface area contributed by atoms with Crippen molar-refractivity contribution in [1.82, 2.24) is 5.32 Å². The van der Waals surface area contributed by atoms with Crippen molar-refractivity contribution in [3.8, 4) is 0 Å². The van der Waals surface area contributed by atoms with Gasteiger partial charge in [-0.3, -0.25) is 4.79 Å². The van der Waals surface area contributed by atoms with E-state index in [0.717, 1.165) is 11.1 Å². The Bertz CT molecular complexity index is 689. The second kappa shape index (κ2) is 7.90. The van der Waals surface area contributed by atoms with Gasteiger partial charge in [-0.2, -0.15) is 0 Å². The van der Waals surface area contributed by atoms with Crippen molar-refractivity contribution in [2.45, 2.75) is 19.3 Å². The Balaban J connectivity index is 1.57. The number of nitrogens with one attached hydrogen (secondary N) is 1. The third kappa shape index (κ3) is 3.91. The summed E-state index contributed by atoms with van der Waals surface area (Å²) in [5.41, 5.74) is 2.72. The molecule has 4 nitrogen and oxygen atoms in total. The maximum absolute atomic E-state index is 12.2. The van der Waals surface area contributed by atoms with Crippen LogP contribution in [0.1, 0.15) is 22.8 Å². The van der Waals surface area contributed by atoms with Gasteiger partial charge >= 0.3 is 0 Å². The summed E-state index contributed by atoms with van der Waals surface area (Å²) in [6.07, 6.45) is 1.60. The predicted octanol–water partition coefficient (Wildman–Crippen LogP) is 3.26. The molecule has 3 rings (SSSR count). The van der Waals surface area contributed by atoms with Crippen LogP contribution in [-0.2, 0) is 9.47 Å². The standard InChI is InChI=1S/C20H21NO3/c1-2-18(15-9-5-3-6-10-15)20-23-13-17(14-24-20)21-19(22)16-11-7-4-8-12-16/h2-12,17,20H,13-14H2,1H3,(H,21,22). The maximum atomic E-state index is 12.2. The van der Waals surface area contributed by atoms with Crippen LogP contribution in [0.2, 0.25) is 0 Å². The Morgan fingerprint density at radius 3 is 2.04 bits per heavy atom. The van der Waals surface area contributed by atoms with E-state index in [4.69, 9.17) is 9.47 Å². The summed E-state index contributed by atoms with van der Waals surface area (Å²) < 4.78 is 11.7. The van der Waals surface area contributed by atoms with E-state index in [1.54, 1.807) is 12.1 Å². The maximum Gasteiger partial charge on any atom is 0.251 e. The normalized spacial score (nSPS) is 21.3. The molecular weight excluding hydrogens is 302 g/mol. The molecule has 1 aliphatic rings. The quantitative estimate of drug-likeness (QED) is 0.939. The fraction of sp³-hybridized carbons (Fsp3) is 0.250. The molecule has 0 atom stereocenters. The lowest BCUT2D eigenvalue weighted by molar-refractivity contribution is -0.155. The largest absolute Gasteiger partial charge is 0.346 e. The average Bonchev–Trinajstić information content (AvgIpc) is 2.65. The Hall–Kier alpha value is -2.43. The van der Waals surface area contributed by atoms with Gasteiger partial charge in [-0.05, 0) is 24.6 Å². The highest BCUT2D eigenvalue weighted by molar-refractivity contribution is 5.94. The molecule has 2 aromatic carbocycles. The summed E-state index contributed by atoms with van der Waals surface area (Å²) in [6, 6.07) is 19.0. The number of carbonyl (C=O) groups is 1. The van der Waals surface area contributed by atoms with Crippen LogP contribution in [-0.4, -0.2) is 31.5 Å². The summed E-state index contributed by atoms with van der Waals surface area (Å²) in [6.45, 7) is 2.82. The molecule has 1 N–H and O–H groups in total. The van der Waals surface area contributed by atoms with Crippen LogP contribution in [0.3, 0.4) is 0 Å². The van der Waals surface area contributed by atoms with E-state index < -0.39 is 6.29 Å². The first-order valence-electron chi connectivity index (χ1n) is 8.08. The SMILES string of the molecule is CC=C(c1ccccc1)C1OCC(NC(=O)c2ccccc2)CO1. The molecule has 0 aromatic heterocycles. The molecule has 1 saturated heterocycles. The zero-order valence-corrected chi connectivity index (χ0v) is 13.6. The van der Waals surface area contributed by atoms with E-state index in [2.05, 4.69) is 5.32 Å². The summed E-state index contributed by atoms with van der Waals surface area (Å²) in [5.74, 6) is -0.111. The van der Waals surface area contributed by atoms with Crippen LogP contribution in [0.5, 0.6) is 0 Å². The number of carbonyl (C=O) groups excluding carboxylic acids is 1. The number of amides is 1. The molecule has 24 heavy (non-hydrogen) atoms. The average molecular weight is 323 g/mol. The number of ether oxygens (including phenoxy) is 2. The highest BCUT2D eigenvalue weighted by Crippen LogP contribution is 2.24. The monoisotopic (exact) mass is 323 g/mol. The van der Waals surface area contributed by atoms with Crippen LogP contribution in [0.25, 0.3) is 5.57 Å². The molecule has 0 aliphatic carbocycles. The molecule has 0 radical (unpaired) electrons. The number of hydrogen-bond donors (Lipinski definition) is 1. The summed E-state index contributed by atoms with van der Waals surface area (Å²) in [4.78, 5) is 12.2. The Morgan fingerprint density at radius 1 is 0.958 bits per heavy atom. The first-order chi connectivity index (χ1) is 11.8. The summed E-state index contributed by atoms with van der Waals surface area (Å²) >= 11 is 0. The smallest absolute Gasteiger partial charge is 0.251 e. The topological polar surface area (TPSA) is 47.6 Å². The molecule has 1 aliphatic heterocycles. The van der Waals surface area contributed by atoms with Crippen molar-refractivity contribution < 1.29 is 14.3 Å². The molecule has 0 spiro atoms. The van der Waals surface area contributed by atoms with Gasteiger partial charge in [-0.15, -0.1) is 0 Å².